The number of aliphatic hydroxyl groups is 1. The highest BCUT2D eigenvalue weighted by atomic mass is 16.4. The molecule has 3 rings (SSSR count). The Morgan fingerprint density at radius 2 is 1.89 bits per heavy atom. The minimum absolute atomic E-state index is 0.00601. The molecule has 3 nitrogen and oxygen atoms in total. The monoisotopic (exact) mass is 249 g/mol. The predicted octanol–water partition coefficient (Wildman–Crippen LogP) is 2.93. The van der Waals surface area contributed by atoms with Crippen molar-refractivity contribution in [1.29, 1.82) is 0 Å². The summed E-state index contributed by atoms with van der Waals surface area (Å²) in [6.45, 7) is 2.13. The summed E-state index contributed by atoms with van der Waals surface area (Å²) in [7, 11) is 0. The second-order valence-corrected chi connectivity index (χ2v) is 5.75. The van der Waals surface area contributed by atoms with Crippen molar-refractivity contribution in [2.45, 2.75) is 57.7 Å². The van der Waals surface area contributed by atoms with Gasteiger partial charge in [-0.1, -0.05) is 12.8 Å². The number of hydrogen-bond donors (Lipinski definition) is 1. The third kappa shape index (κ3) is 2.47. The highest BCUT2D eigenvalue weighted by molar-refractivity contribution is 5.07. The molecule has 1 unspecified atom stereocenters. The molecule has 1 atom stereocenters. The summed E-state index contributed by atoms with van der Waals surface area (Å²) in [5, 5.41) is 9.03. The maximum absolute atomic E-state index is 9.03. The summed E-state index contributed by atoms with van der Waals surface area (Å²) < 4.78 is 5.61. The van der Waals surface area contributed by atoms with Crippen LogP contribution in [0, 0.1) is 5.92 Å². The first-order chi connectivity index (χ1) is 8.86. The molecule has 0 aromatic carbocycles. The number of hydrogen-bond acceptors (Lipinski definition) is 3. The van der Waals surface area contributed by atoms with Gasteiger partial charge in [0, 0.05) is 6.04 Å². The van der Waals surface area contributed by atoms with Gasteiger partial charge < -0.3 is 9.52 Å². The fourth-order valence-corrected chi connectivity index (χ4v) is 3.72. The van der Waals surface area contributed by atoms with E-state index in [0.29, 0.717) is 5.76 Å². The fraction of sp³-hybridized carbons (Fsp3) is 0.733. The Morgan fingerprint density at radius 3 is 2.61 bits per heavy atom. The smallest absolute Gasteiger partial charge is 0.129 e. The van der Waals surface area contributed by atoms with Crippen LogP contribution in [0.15, 0.2) is 16.5 Å². The van der Waals surface area contributed by atoms with Crippen LogP contribution in [0.3, 0.4) is 0 Å². The summed E-state index contributed by atoms with van der Waals surface area (Å²) in [6, 6.07) is 4.67. The molecule has 18 heavy (non-hydrogen) atoms. The number of likely N-dealkylation sites (tertiary alicyclic amines) is 1. The lowest BCUT2D eigenvalue weighted by Crippen LogP contribution is -2.34. The van der Waals surface area contributed by atoms with Gasteiger partial charge in [0.25, 0.3) is 0 Å². The van der Waals surface area contributed by atoms with Crippen molar-refractivity contribution < 1.29 is 9.52 Å². The third-order valence-electron chi connectivity index (χ3n) is 4.59. The highest BCUT2D eigenvalue weighted by Crippen LogP contribution is 2.36. The average Bonchev–Trinajstić information content (AvgIpc) is 3.09. The summed E-state index contributed by atoms with van der Waals surface area (Å²) in [5.41, 5.74) is 0. The molecule has 100 valence electrons. The molecule has 1 aromatic rings. The van der Waals surface area contributed by atoms with Gasteiger partial charge in [-0.05, 0) is 50.3 Å². The van der Waals surface area contributed by atoms with Gasteiger partial charge in [-0.2, -0.15) is 0 Å². The second kappa shape index (κ2) is 5.45. The van der Waals surface area contributed by atoms with E-state index >= 15 is 0 Å². The van der Waals surface area contributed by atoms with Gasteiger partial charge in [0.2, 0.25) is 0 Å². The molecule has 0 amide bonds. The van der Waals surface area contributed by atoms with Crippen LogP contribution in [0.2, 0.25) is 0 Å². The molecular weight excluding hydrogens is 226 g/mol. The van der Waals surface area contributed by atoms with Gasteiger partial charge >= 0.3 is 0 Å². The van der Waals surface area contributed by atoms with Crippen LogP contribution in [-0.2, 0) is 13.2 Å². The Labute approximate surface area is 109 Å². The van der Waals surface area contributed by atoms with E-state index in [-0.39, 0.29) is 6.61 Å². The van der Waals surface area contributed by atoms with Gasteiger partial charge in [-0.25, -0.2) is 0 Å². The molecule has 0 spiro atoms. The van der Waals surface area contributed by atoms with Crippen LogP contribution in [0.1, 0.15) is 50.0 Å². The van der Waals surface area contributed by atoms with Gasteiger partial charge in [0.1, 0.15) is 18.1 Å². The van der Waals surface area contributed by atoms with E-state index < -0.39 is 0 Å². The summed E-state index contributed by atoms with van der Waals surface area (Å²) in [6.07, 6.45) is 8.37. The maximum Gasteiger partial charge on any atom is 0.129 e. The molecule has 2 heterocycles. The minimum atomic E-state index is 0.00601. The standard InChI is InChI=1S/C15H23NO2/c17-11-14-8-7-13(18-14)10-16-9-3-6-15(16)12-4-1-2-5-12/h7-8,12,15,17H,1-6,9-11H2. The van der Waals surface area contributed by atoms with Gasteiger partial charge in [0.15, 0.2) is 0 Å². The van der Waals surface area contributed by atoms with Crippen LogP contribution < -0.4 is 0 Å². The van der Waals surface area contributed by atoms with Gasteiger partial charge in [-0.3, -0.25) is 4.90 Å². The van der Waals surface area contributed by atoms with Crippen LogP contribution in [0.25, 0.3) is 0 Å². The molecule has 0 radical (unpaired) electrons. The van der Waals surface area contributed by atoms with E-state index in [1.54, 1.807) is 0 Å². The Hall–Kier alpha value is -0.800. The van der Waals surface area contributed by atoms with Crippen molar-refractivity contribution >= 4 is 0 Å². The van der Waals surface area contributed by atoms with Crippen molar-refractivity contribution in [2.24, 2.45) is 5.92 Å². The molecule has 3 heteroatoms. The van der Waals surface area contributed by atoms with Crippen LogP contribution in [0.4, 0.5) is 0 Å². The second-order valence-electron chi connectivity index (χ2n) is 5.75. The van der Waals surface area contributed by atoms with E-state index in [4.69, 9.17) is 9.52 Å². The lowest BCUT2D eigenvalue weighted by molar-refractivity contribution is 0.166. The lowest BCUT2D eigenvalue weighted by atomic mass is 9.96. The van der Waals surface area contributed by atoms with Gasteiger partial charge in [0.05, 0.1) is 6.54 Å². The Morgan fingerprint density at radius 1 is 1.11 bits per heavy atom. The van der Waals surface area contributed by atoms with Crippen molar-refractivity contribution in [1.82, 2.24) is 4.90 Å². The quantitative estimate of drug-likeness (QED) is 0.891. The van der Waals surface area contributed by atoms with Crippen LogP contribution in [-0.4, -0.2) is 22.6 Å². The first-order valence-corrected chi connectivity index (χ1v) is 7.29. The van der Waals surface area contributed by atoms with E-state index in [1.807, 2.05) is 12.1 Å². The summed E-state index contributed by atoms with van der Waals surface area (Å²) in [5.74, 6) is 2.60. The van der Waals surface area contributed by atoms with E-state index in [1.165, 1.54) is 45.1 Å². The highest BCUT2D eigenvalue weighted by Gasteiger charge is 2.33. The zero-order chi connectivity index (χ0) is 12.4. The van der Waals surface area contributed by atoms with Crippen LogP contribution >= 0.6 is 0 Å². The first-order valence-electron chi connectivity index (χ1n) is 7.29. The molecule has 1 saturated heterocycles. The Kier molecular flexibility index (Phi) is 3.71. The average molecular weight is 249 g/mol. The van der Waals surface area contributed by atoms with E-state index in [9.17, 15) is 0 Å². The van der Waals surface area contributed by atoms with E-state index in [2.05, 4.69) is 4.90 Å². The van der Waals surface area contributed by atoms with Crippen molar-refractivity contribution in [3.8, 4) is 0 Å². The zero-order valence-electron chi connectivity index (χ0n) is 11.0. The molecule has 2 fully saturated rings. The summed E-state index contributed by atoms with van der Waals surface area (Å²) in [4.78, 5) is 2.59. The predicted molar refractivity (Wildman–Crippen MR) is 70.0 cm³/mol. The molecular formula is C15H23NO2. The van der Waals surface area contributed by atoms with Gasteiger partial charge in [-0.15, -0.1) is 0 Å². The number of rotatable bonds is 4. The molecule has 2 aliphatic rings. The number of aliphatic hydroxyl groups excluding tert-OH is 1. The topological polar surface area (TPSA) is 36.6 Å². The Balaban J connectivity index is 1.63. The van der Waals surface area contributed by atoms with Crippen LogP contribution in [0.5, 0.6) is 0 Å². The molecule has 1 N–H and O–H groups in total. The normalized spacial score (nSPS) is 26.2. The fourth-order valence-electron chi connectivity index (χ4n) is 3.72. The largest absolute Gasteiger partial charge is 0.462 e. The van der Waals surface area contributed by atoms with Crippen molar-refractivity contribution in [3.05, 3.63) is 23.7 Å². The summed E-state index contributed by atoms with van der Waals surface area (Å²) >= 11 is 0. The Bertz CT molecular complexity index is 382. The third-order valence-corrected chi connectivity index (χ3v) is 4.59. The molecule has 1 aromatic heterocycles. The molecule has 1 saturated carbocycles. The molecule has 1 aliphatic carbocycles. The minimum Gasteiger partial charge on any atom is -0.462 e. The van der Waals surface area contributed by atoms with Crippen molar-refractivity contribution in [3.63, 3.8) is 0 Å². The number of furan rings is 1. The molecule has 0 bridgehead atoms. The zero-order valence-corrected chi connectivity index (χ0v) is 11.0. The first kappa shape index (κ1) is 12.2. The maximum atomic E-state index is 9.03. The van der Waals surface area contributed by atoms with Crippen molar-refractivity contribution in [2.75, 3.05) is 6.54 Å². The SMILES string of the molecule is OCc1ccc(CN2CCCC2C2CCCC2)o1. The number of nitrogens with zero attached hydrogens (tertiary/aromatic N) is 1. The van der Waals surface area contributed by atoms with E-state index in [0.717, 1.165) is 24.3 Å². The lowest BCUT2D eigenvalue weighted by Gasteiger charge is -2.28. The molecule has 1 aliphatic heterocycles.